The van der Waals surface area contributed by atoms with Crippen LogP contribution in [0.1, 0.15) is 22.1 Å². The molecule has 0 aliphatic carbocycles. The summed E-state index contributed by atoms with van der Waals surface area (Å²) >= 11 is 18.7. The van der Waals surface area contributed by atoms with Crippen LogP contribution in [0.4, 0.5) is 5.69 Å². The van der Waals surface area contributed by atoms with Crippen molar-refractivity contribution in [3.8, 4) is 0 Å². The topological polar surface area (TPSA) is 61.6 Å². The van der Waals surface area contributed by atoms with Crippen LogP contribution in [0.5, 0.6) is 0 Å². The van der Waals surface area contributed by atoms with E-state index in [9.17, 15) is 4.79 Å². The number of aromatic nitrogens is 2. The predicted octanol–water partition coefficient (Wildman–Crippen LogP) is 5.11. The van der Waals surface area contributed by atoms with Gasteiger partial charge in [-0.15, -0.1) is 0 Å². The van der Waals surface area contributed by atoms with Gasteiger partial charge in [-0.1, -0.05) is 46.9 Å². The quantitative estimate of drug-likeness (QED) is 0.533. The number of hydrogen-bond acceptors (Lipinski definition) is 4. The van der Waals surface area contributed by atoms with Crippen LogP contribution in [0.15, 0.2) is 55.0 Å². The molecule has 31 heavy (non-hydrogen) atoms. The fourth-order valence-corrected chi connectivity index (χ4v) is 4.51. The van der Waals surface area contributed by atoms with Crippen molar-refractivity contribution in [1.82, 2.24) is 14.5 Å². The Kier molecular flexibility index (Phi) is 6.72. The minimum Gasteiger partial charge on any atom is -0.476 e. The number of aromatic carboxylic acids is 1. The van der Waals surface area contributed by atoms with Crippen molar-refractivity contribution in [1.29, 1.82) is 0 Å². The Morgan fingerprint density at radius 3 is 2.45 bits per heavy atom. The van der Waals surface area contributed by atoms with Crippen LogP contribution < -0.4 is 4.90 Å². The average molecular weight is 480 g/mol. The number of benzene rings is 2. The van der Waals surface area contributed by atoms with Crippen LogP contribution in [0.3, 0.4) is 0 Å². The van der Waals surface area contributed by atoms with E-state index in [0.29, 0.717) is 21.6 Å². The second-order valence-corrected chi connectivity index (χ2v) is 8.74. The minimum atomic E-state index is -1.02. The monoisotopic (exact) mass is 478 g/mol. The largest absolute Gasteiger partial charge is 0.476 e. The second-order valence-electron chi connectivity index (χ2n) is 7.46. The molecule has 1 atom stereocenters. The molecule has 1 fully saturated rings. The molecule has 162 valence electrons. The highest BCUT2D eigenvalue weighted by atomic mass is 35.5. The number of carboxylic acid groups (broad SMARTS) is 1. The molecule has 2 aromatic carbocycles. The lowest BCUT2D eigenvalue weighted by molar-refractivity contribution is 0.0691. The number of anilines is 1. The predicted molar refractivity (Wildman–Crippen MR) is 124 cm³/mol. The molecular formula is C22H21Cl3N4O2. The summed E-state index contributed by atoms with van der Waals surface area (Å²) in [5.41, 5.74) is 2.16. The van der Waals surface area contributed by atoms with Gasteiger partial charge in [0.25, 0.3) is 0 Å². The molecule has 1 unspecified atom stereocenters. The molecule has 6 nitrogen and oxygen atoms in total. The zero-order chi connectivity index (χ0) is 22.0. The highest BCUT2D eigenvalue weighted by Gasteiger charge is 2.29. The van der Waals surface area contributed by atoms with Gasteiger partial charge in [0.05, 0.1) is 23.1 Å². The van der Waals surface area contributed by atoms with E-state index in [2.05, 4.69) is 14.8 Å². The number of imidazole rings is 1. The molecule has 0 bridgehead atoms. The molecule has 0 amide bonds. The fourth-order valence-electron chi connectivity index (χ4n) is 3.87. The fraction of sp³-hybridized carbons (Fsp3) is 0.273. The van der Waals surface area contributed by atoms with Crippen molar-refractivity contribution in [3.63, 3.8) is 0 Å². The van der Waals surface area contributed by atoms with Gasteiger partial charge in [-0.3, -0.25) is 4.90 Å². The normalized spacial score (nSPS) is 17.1. The van der Waals surface area contributed by atoms with Crippen molar-refractivity contribution in [2.24, 2.45) is 0 Å². The zero-order valence-corrected chi connectivity index (χ0v) is 18.9. The van der Waals surface area contributed by atoms with Crippen molar-refractivity contribution in [3.05, 3.63) is 81.3 Å². The number of nitrogens with zero attached hydrogens (tertiary/aromatic N) is 4. The van der Waals surface area contributed by atoms with Gasteiger partial charge in [-0.2, -0.15) is 0 Å². The Balaban J connectivity index is 1.53. The number of halogens is 3. The lowest BCUT2D eigenvalue weighted by Gasteiger charge is -2.43. The van der Waals surface area contributed by atoms with Gasteiger partial charge in [-0.05, 0) is 35.9 Å². The van der Waals surface area contributed by atoms with Crippen molar-refractivity contribution in [2.75, 3.05) is 31.1 Å². The lowest BCUT2D eigenvalue weighted by Crippen LogP contribution is -2.49. The number of carbonyl (C=O) groups is 1. The highest BCUT2D eigenvalue weighted by molar-refractivity contribution is 6.36. The molecule has 3 aromatic rings. The van der Waals surface area contributed by atoms with E-state index >= 15 is 0 Å². The third-order valence-electron chi connectivity index (χ3n) is 5.47. The third kappa shape index (κ3) is 5.15. The van der Waals surface area contributed by atoms with Gasteiger partial charge in [0.15, 0.2) is 5.69 Å². The van der Waals surface area contributed by atoms with E-state index in [1.54, 1.807) is 18.6 Å². The van der Waals surface area contributed by atoms with E-state index in [1.807, 2.05) is 41.0 Å². The van der Waals surface area contributed by atoms with E-state index in [-0.39, 0.29) is 11.7 Å². The maximum Gasteiger partial charge on any atom is 0.356 e. The summed E-state index contributed by atoms with van der Waals surface area (Å²) in [7, 11) is 0. The smallest absolute Gasteiger partial charge is 0.356 e. The lowest BCUT2D eigenvalue weighted by atomic mass is 10.0. The molecule has 0 spiro atoms. The molecule has 4 rings (SSSR count). The third-order valence-corrected chi connectivity index (χ3v) is 6.26. The highest BCUT2D eigenvalue weighted by Crippen LogP contribution is 2.36. The number of hydrogen-bond donors (Lipinski definition) is 1. The van der Waals surface area contributed by atoms with Gasteiger partial charge < -0.3 is 14.6 Å². The summed E-state index contributed by atoms with van der Waals surface area (Å²) in [5, 5.41) is 11.0. The van der Waals surface area contributed by atoms with Crippen LogP contribution in [0.2, 0.25) is 15.1 Å². The molecule has 9 heteroatoms. The number of carboxylic acids is 1. The summed E-state index contributed by atoms with van der Waals surface area (Å²) in [5.74, 6) is -1.02. The van der Waals surface area contributed by atoms with Gasteiger partial charge in [0.2, 0.25) is 0 Å². The summed E-state index contributed by atoms with van der Waals surface area (Å²) in [4.78, 5) is 19.6. The van der Waals surface area contributed by atoms with Gasteiger partial charge in [-0.25, -0.2) is 9.78 Å². The maximum atomic E-state index is 11.0. The van der Waals surface area contributed by atoms with E-state index < -0.39 is 5.97 Å². The first-order valence-electron chi connectivity index (χ1n) is 9.85. The molecule has 0 radical (unpaired) electrons. The molecule has 1 aliphatic heterocycles. The average Bonchev–Trinajstić information content (AvgIpc) is 3.23. The Hall–Kier alpha value is -2.25. The number of rotatable bonds is 6. The molecule has 1 N–H and O–H groups in total. The van der Waals surface area contributed by atoms with Gasteiger partial charge in [0.1, 0.15) is 0 Å². The summed E-state index contributed by atoms with van der Waals surface area (Å²) < 4.78 is 1.81. The Morgan fingerprint density at radius 2 is 1.77 bits per heavy atom. The van der Waals surface area contributed by atoms with Crippen LogP contribution in [-0.2, 0) is 6.54 Å². The van der Waals surface area contributed by atoms with E-state index in [4.69, 9.17) is 39.9 Å². The second kappa shape index (κ2) is 9.49. The summed E-state index contributed by atoms with van der Waals surface area (Å²) in [6.07, 6.45) is 3.12. The van der Waals surface area contributed by atoms with E-state index in [0.717, 1.165) is 37.4 Å². The SMILES string of the molecule is O=C(O)c1cn(CCN2CCN(c3ccc(Cl)cc3Cl)C(c3ccc(Cl)cc3)C2)cn1. The molecule has 1 saturated heterocycles. The first-order valence-corrected chi connectivity index (χ1v) is 11.0. The Labute approximate surface area is 195 Å². The molecule has 1 aromatic heterocycles. The minimum absolute atomic E-state index is 0.0567. The van der Waals surface area contributed by atoms with E-state index in [1.165, 1.54) is 0 Å². The molecule has 2 heterocycles. The van der Waals surface area contributed by atoms with Crippen molar-refractivity contribution in [2.45, 2.75) is 12.6 Å². The van der Waals surface area contributed by atoms with Gasteiger partial charge in [0, 0.05) is 49.0 Å². The summed E-state index contributed by atoms with van der Waals surface area (Å²) in [6.45, 7) is 3.88. The Morgan fingerprint density at radius 1 is 1.03 bits per heavy atom. The maximum absolute atomic E-state index is 11.0. The first-order chi connectivity index (χ1) is 14.9. The number of piperazine rings is 1. The van der Waals surface area contributed by atoms with Crippen molar-refractivity contribution >= 4 is 46.5 Å². The summed E-state index contributed by atoms with van der Waals surface area (Å²) in [6, 6.07) is 13.6. The first kappa shape index (κ1) is 22.0. The van der Waals surface area contributed by atoms with Crippen LogP contribution >= 0.6 is 34.8 Å². The Bertz CT molecular complexity index is 1070. The van der Waals surface area contributed by atoms with Crippen molar-refractivity contribution < 1.29 is 9.90 Å². The van der Waals surface area contributed by atoms with Crippen LogP contribution in [0.25, 0.3) is 0 Å². The molecule has 1 aliphatic rings. The van der Waals surface area contributed by atoms with Crippen LogP contribution in [-0.4, -0.2) is 51.7 Å². The standard InChI is InChI=1S/C22H21Cl3N4O2/c23-16-3-1-15(2-4-16)21-13-27(7-8-28-12-19(22(30)31)26-14-28)9-10-29(21)20-6-5-17(24)11-18(20)25/h1-6,11-12,14,21H,7-10,13H2,(H,30,31). The zero-order valence-electron chi connectivity index (χ0n) is 16.6. The van der Waals surface area contributed by atoms with Crippen LogP contribution in [0, 0.1) is 0 Å². The van der Waals surface area contributed by atoms with Gasteiger partial charge >= 0.3 is 5.97 Å². The molecule has 0 saturated carbocycles. The molecular weight excluding hydrogens is 459 g/mol.